The van der Waals surface area contributed by atoms with Crippen molar-refractivity contribution in [3.63, 3.8) is 0 Å². The van der Waals surface area contributed by atoms with Crippen molar-refractivity contribution in [2.45, 2.75) is 26.8 Å². The van der Waals surface area contributed by atoms with Crippen LogP contribution in [-0.2, 0) is 4.79 Å². The summed E-state index contributed by atoms with van der Waals surface area (Å²) in [5, 5.41) is 7.84. The highest BCUT2D eigenvalue weighted by Crippen LogP contribution is 2.19. The van der Waals surface area contributed by atoms with Gasteiger partial charge in [-0.3, -0.25) is 4.79 Å². The highest BCUT2D eigenvalue weighted by Gasteiger charge is 2.27. The second-order valence-electron chi connectivity index (χ2n) is 5.61. The minimum absolute atomic E-state index is 0.232. The van der Waals surface area contributed by atoms with Crippen molar-refractivity contribution < 1.29 is 9.59 Å². The summed E-state index contributed by atoms with van der Waals surface area (Å²) in [4.78, 5) is 23.1. The third kappa shape index (κ3) is 4.55. The Labute approximate surface area is 119 Å². The number of urea groups is 1. The molecule has 1 atom stereocenters. The molecule has 110 valence electrons. The first-order valence-electron chi connectivity index (χ1n) is 6.39. The van der Waals surface area contributed by atoms with Gasteiger partial charge < -0.3 is 21.7 Å². The van der Waals surface area contributed by atoms with Crippen molar-refractivity contribution in [2.24, 2.45) is 11.1 Å². The number of nitrogens with two attached hydrogens (primary N) is 1. The van der Waals surface area contributed by atoms with E-state index in [1.807, 2.05) is 20.8 Å². The van der Waals surface area contributed by atoms with Crippen LogP contribution in [0, 0.1) is 5.41 Å². The number of hydrogen-bond acceptors (Lipinski definition) is 3. The van der Waals surface area contributed by atoms with Crippen molar-refractivity contribution in [3.8, 4) is 0 Å². The summed E-state index contributed by atoms with van der Waals surface area (Å²) >= 11 is 0. The van der Waals surface area contributed by atoms with E-state index in [0.717, 1.165) is 0 Å². The van der Waals surface area contributed by atoms with Crippen molar-refractivity contribution >= 4 is 23.3 Å². The molecule has 5 N–H and O–H groups in total. The van der Waals surface area contributed by atoms with Crippen LogP contribution in [0.1, 0.15) is 20.8 Å². The Bertz CT molecular complexity index is 477. The van der Waals surface area contributed by atoms with Gasteiger partial charge in [0, 0.05) is 18.4 Å². The molecule has 0 aliphatic rings. The van der Waals surface area contributed by atoms with Crippen LogP contribution in [0.4, 0.5) is 16.2 Å². The lowest BCUT2D eigenvalue weighted by atomic mass is 9.87. The van der Waals surface area contributed by atoms with Crippen LogP contribution in [0.2, 0.25) is 0 Å². The quantitative estimate of drug-likeness (QED) is 0.678. The molecule has 1 aromatic carbocycles. The summed E-state index contributed by atoms with van der Waals surface area (Å²) in [6.07, 6.45) is 0. The predicted octanol–water partition coefficient (Wildman–Crippen LogP) is 1.75. The molecule has 0 fully saturated rings. The van der Waals surface area contributed by atoms with Gasteiger partial charge in [-0.05, 0) is 29.7 Å². The molecule has 3 amide bonds. The number of carbonyl (C=O) groups is 2. The molecule has 0 aliphatic heterocycles. The van der Waals surface area contributed by atoms with Crippen LogP contribution < -0.4 is 21.7 Å². The van der Waals surface area contributed by atoms with E-state index in [0.29, 0.717) is 11.4 Å². The molecular weight excluding hydrogens is 256 g/mol. The summed E-state index contributed by atoms with van der Waals surface area (Å²) in [5.74, 6) is -0.232. The summed E-state index contributed by atoms with van der Waals surface area (Å²) in [5.41, 5.74) is 6.86. The average molecular weight is 278 g/mol. The maximum Gasteiger partial charge on any atom is 0.318 e. The molecule has 0 spiro atoms. The lowest BCUT2D eigenvalue weighted by Gasteiger charge is -2.25. The van der Waals surface area contributed by atoms with Gasteiger partial charge in [-0.2, -0.15) is 0 Å². The van der Waals surface area contributed by atoms with E-state index >= 15 is 0 Å². The second-order valence-corrected chi connectivity index (χ2v) is 5.61. The van der Waals surface area contributed by atoms with Gasteiger partial charge in [0.15, 0.2) is 0 Å². The summed E-state index contributed by atoms with van der Waals surface area (Å²) in [7, 11) is 1.54. The monoisotopic (exact) mass is 278 g/mol. The fraction of sp³-hybridized carbons (Fsp3) is 0.429. The van der Waals surface area contributed by atoms with Crippen LogP contribution in [0.3, 0.4) is 0 Å². The third-order valence-electron chi connectivity index (χ3n) is 2.85. The number of nitrogens with one attached hydrogen (secondary N) is 3. The number of anilines is 2. The SMILES string of the molecule is CNC(=O)Nc1ccc(NC(=O)C(N)C(C)(C)C)cc1. The minimum atomic E-state index is -0.592. The van der Waals surface area contributed by atoms with E-state index in [2.05, 4.69) is 16.0 Å². The van der Waals surface area contributed by atoms with Crippen molar-refractivity contribution in [1.82, 2.24) is 5.32 Å². The molecule has 1 rings (SSSR count). The molecule has 0 aromatic heterocycles. The average Bonchev–Trinajstić information content (AvgIpc) is 2.38. The maximum atomic E-state index is 12.0. The fourth-order valence-corrected chi connectivity index (χ4v) is 1.44. The van der Waals surface area contributed by atoms with E-state index in [4.69, 9.17) is 5.73 Å². The van der Waals surface area contributed by atoms with Gasteiger partial charge in [0.2, 0.25) is 5.91 Å². The molecule has 0 aliphatic carbocycles. The minimum Gasteiger partial charge on any atom is -0.341 e. The highest BCUT2D eigenvalue weighted by atomic mass is 16.2. The number of amides is 3. The zero-order valence-electron chi connectivity index (χ0n) is 12.3. The first-order chi connectivity index (χ1) is 9.24. The van der Waals surface area contributed by atoms with E-state index in [1.54, 1.807) is 24.3 Å². The largest absolute Gasteiger partial charge is 0.341 e. The Hall–Kier alpha value is -2.08. The molecular formula is C14H22N4O2. The van der Waals surface area contributed by atoms with Crippen molar-refractivity contribution in [1.29, 1.82) is 0 Å². The second kappa shape index (κ2) is 6.38. The molecule has 0 heterocycles. The maximum absolute atomic E-state index is 12.0. The number of hydrogen-bond donors (Lipinski definition) is 4. The Kier molecular flexibility index (Phi) is 5.10. The molecule has 6 heteroatoms. The number of benzene rings is 1. The van der Waals surface area contributed by atoms with Crippen molar-refractivity contribution in [3.05, 3.63) is 24.3 Å². The topological polar surface area (TPSA) is 96.2 Å². The van der Waals surface area contributed by atoms with E-state index in [1.165, 1.54) is 7.05 Å². The van der Waals surface area contributed by atoms with Crippen LogP contribution >= 0.6 is 0 Å². The zero-order valence-corrected chi connectivity index (χ0v) is 12.3. The van der Waals surface area contributed by atoms with Gasteiger partial charge in [0.25, 0.3) is 0 Å². The van der Waals surface area contributed by atoms with E-state index in [-0.39, 0.29) is 17.4 Å². The molecule has 20 heavy (non-hydrogen) atoms. The Morgan fingerprint density at radius 1 is 1.05 bits per heavy atom. The van der Waals surface area contributed by atoms with Crippen molar-refractivity contribution in [2.75, 3.05) is 17.7 Å². The van der Waals surface area contributed by atoms with E-state index < -0.39 is 6.04 Å². The highest BCUT2D eigenvalue weighted by molar-refractivity contribution is 5.95. The van der Waals surface area contributed by atoms with Gasteiger partial charge in [-0.15, -0.1) is 0 Å². The third-order valence-corrected chi connectivity index (χ3v) is 2.85. The molecule has 6 nitrogen and oxygen atoms in total. The predicted molar refractivity (Wildman–Crippen MR) is 80.6 cm³/mol. The van der Waals surface area contributed by atoms with Gasteiger partial charge in [0.1, 0.15) is 0 Å². The number of carbonyl (C=O) groups excluding carboxylic acids is 2. The summed E-state index contributed by atoms with van der Waals surface area (Å²) in [6, 6.07) is 5.93. The van der Waals surface area contributed by atoms with Crippen LogP contribution in [0.5, 0.6) is 0 Å². The first-order valence-corrected chi connectivity index (χ1v) is 6.39. The summed E-state index contributed by atoms with van der Waals surface area (Å²) in [6.45, 7) is 5.73. The molecule has 0 saturated heterocycles. The Morgan fingerprint density at radius 2 is 1.50 bits per heavy atom. The Morgan fingerprint density at radius 3 is 1.90 bits per heavy atom. The lowest BCUT2D eigenvalue weighted by Crippen LogP contribution is -2.45. The normalized spacial score (nSPS) is 12.4. The zero-order chi connectivity index (χ0) is 15.3. The fourth-order valence-electron chi connectivity index (χ4n) is 1.44. The van der Waals surface area contributed by atoms with Gasteiger partial charge in [-0.25, -0.2) is 4.79 Å². The van der Waals surface area contributed by atoms with Crippen LogP contribution in [0.25, 0.3) is 0 Å². The molecule has 0 bridgehead atoms. The Balaban J connectivity index is 2.66. The first kappa shape index (κ1) is 16.0. The molecule has 0 saturated carbocycles. The van der Waals surface area contributed by atoms with Gasteiger partial charge in [0.05, 0.1) is 6.04 Å². The lowest BCUT2D eigenvalue weighted by molar-refractivity contribution is -0.119. The van der Waals surface area contributed by atoms with Crippen LogP contribution in [0.15, 0.2) is 24.3 Å². The van der Waals surface area contributed by atoms with E-state index in [9.17, 15) is 9.59 Å². The standard InChI is InChI=1S/C14H22N4O2/c1-14(2,3)11(15)12(19)17-9-5-7-10(8-6-9)18-13(20)16-4/h5-8,11H,15H2,1-4H3,(H,17,19)(H2,16,18,20). The molecule has 1 aromatic rings. The van der Waals surface area contributed by atoms with Gasteiger partial charge in [-0.1, -0.05) is 20.8 Å². The smallest absolute Gasteiger partial charge is 0.318 e. The van der Waals surface area contributed by atoms with Gasteiger partial charge >= 0.3 is 6.03 Å². The van der Waals surface area contributed by atoms with Crippen LogP contribution in [-0.4, -0.2) is 25.0 Å². The molecule has 0 radical (unpaired) electrons. The summed E-state index contributed by atoms with van der Waals surface area (Å²) < 4.78 is 0. The molecule has 1 unspecified atom stereocenters. The number of rotatable bonds is 3.